The number of carbonyl (C=O) groups excluding carboxylic acids is 2. The number of hydrogen-bond acceptors (Lipinski definition) is 4. The van der Waals surface area contributed by atoms with Gasteiger partial charge in [-0.25, -0.2) is 4.79 Å². The van der Waals surface area contributed by atoms with E-state index in [-0.39, 0.29) is 36.0 Å². The minimum absolute atomic E-state index is 0. The predicted molar refractivity (Wildman–Crippen MR) is 102 cm³/mol. The molecule has 0 bridgehead atoms. The fourth-order valence-electron chi connectivity index (χ4n) is 2.52. The zero-order chi connectivity index (χ0) is 17.2. The number of Topliss-reactive ketones (excluding diaryl/α,β-unsaturated/α-hetero) is 1. The SMILES string of the molecule is CCCCCCCC/C=C\CCCCCCCC(=O)C(=O)ON.[NaH]. The number of carbonyl (C=O) groups is 2. The van der Waals surface area contributed by atoms with Gasteiger partial charge in [-0.1, -0.05) is 70.4 Å². The molecule has 0 aromatic rings. The Morgan fingerprint density at radius 2 is 1.25 bits per heavy atom. The zero-order valence-electron chi connectivity index (χ0n) is 14.9. The van der Waals surface area contributed by atoms with Crippen LogP contribution in [0.5, 0.6) is 0 Å². The topological polar surface area (TPSA) is 69.4 Å². The van der Waals surface area contributed by atoms with Crippen LogP contribution in [0.1, 0.15) is 96.8 Å². The molecule has 0 unspecified atom stereocenters. The molecule has 0 aliphatic rings. The first-order chi connectivity index (χ1) is 11.2. The van der Waals surface area contributed by atoms with Gasteiger partial charge >= 0.3 is 35.5 Å². The summed E-state index contributed by atoms with van der Waals surface area (Å²) in [6.45, 7) is 2.25. The first-order valence-electron chi connectivity index (χ1n) is 9.31. The van der Waals surface area contributed by atoms with E-state index in [1.54, 1.807) is 0 Å². The third kappa shape index (κ3) is 18.2. The molecule has 0 heterocycles. The number of rotatable bonds is 16. The molecule has 2 N–H and O–H groups in total. The molecule has 0 atom stereocenters. The predicted octanol–water partition coefficient (Wildman–Crippen LogP) is 4.36. The number of unbranched alkanes of at least 4 members (excludes halogenated alkanes) is 11. The number of hydrogen-bond donors (Lipinski definition) is 1. The van der Waals surface area contributed by atoms with Gasteiger partial charge in [0.2, 0.25) is 5.78 Å². The van der Waals surface area contributed by atoms with Crippen molar-refractivity contribution >= 4 is 41.3 Å². The normalized spacial score (nSPS) is 10.6. The molecule has 0 radical (unpaired) electrons. The standard InChI is InChI=1S/C19H35NO3.Na.H/c1-2-3-4-5-6-7-8-9-10-11-12-13-14-15-16-17-18(21)19(22)23-20;;/h9-10H,2-8,11-17,20H2,1H3;;/b10-9-;;. The summed E-state index contributed by atoms with van der Waals surface area (Å²) in [5.74, 6) is 3.20. The number of nitrogens with two attached hydrogens (primary N) is 1. The van der Waals surface area contributed by atoms with Crippen molar-refractivity contribution in [2.45, 2.75) is 96.8 Å². The van der Waals surface area contributed by atoms with Gasteiger partial charge in [-0.15, -0.1) is 0 Å². The van der Waals surface area contributed by atoms with Gasteiger partial charge in [0.1, 0.15) is 0 Å². The Morgan fingerprint density at radius 3 is 1.75 bits per heavy atom. The van der Waals surface area contributed by atoms with Gasteiger partial charge < -0.3 is 4.84 Å². The van der Waals surface area contributed by atoms with Crippen LogP contribution < -0.4 is 5.90 Å². The third-order valence-corrected chi connectivity index (χ3v) is 4.00. The average molecular weight is 349 g/mol. The van der Waals surface area contributed by atoms with E-state index >= 15 is 0 Å². The summed E-state index contributed by atoms with van der Waals surface area (Å²) in [7, 11) is 0. The summed E-state index contributed by atoms with van der Waals surface area (Å²) in [5, 5.41) is 0. The quantitative estimate of drug-likeness (QED) is 0.148. The van der Waals surface area contributed by atoms with Crippen LogP contribution in [-0.4, -0.2) is 41.3 Å². The summed E-state index contributed by atoms with van der Waals surface area (Å²) in [6.07, 6.45) is 20.6. The van der Waals surface area contributed by atoms with E-state index in [4.69, 9.17) is 0 Å². The van der Waals surface area contributed by atoms with E-state index in [0.29, 0.717) is 0 Å². The van der Waals surface area contributed by atoms with Crippen LogP contribution in [0.15, 0.2) is 12.2 Å². The summed E-state index contributed by atoms with van der Waals surface area (Å²) in [4.78, 5) is 25.8. The third-order valence-electron chi connectivity index (χ3n) is 4.00. The van der Waals surface area contributed by atoms with Crippen molar-refractivity contribution in [2.75, 3.05) is 0 Å². The van der Waals surface area contributed by atoms with Crippen LogP contribution >= 0.6 is 0 Å². The molecule has 0 aromatic heterocycles. The van der Waals surface area contributed by atoms with Crippen molar-refractivity contribution in [3.8, 4) is 0 Å². The maximum atomic E-state index is 11.1. The molecule has 0 aromatic carbocycles. The van der Waals surface area contributed by atoms with Gasteiger partial charge in [0, 0.05) is 6.42 Å². The molecule has 0 saturated heterocycles. The van der Waals surface area contributed by atoms with Gasteiger partial charge in [-0.2, -0.15) is 5.90 Å². The van der Waals surface area contributed by atoms with Crippen molar-refractivity contribution in [2.24, 2.45) is 5.90 Å². The Kier molecular flexibility index (Phi) is 22.7. The van der Waals surface area contributed by atoms with Crippen molar-refractivity contribution in [1.82, 2.24) is 0 Å². The Hall–Kier alpha value is -0.160. The summed E-state index contributed by atoms with van der Waals surface area (Å²) < 4.78 is 0. The minimum atomic E-state index is -0.930. The molecule has 0 aliphatic heterocycles. The molecule has 0 fully saturated rings. The fourth-order valence-corrected chi connectivity index (χ4v) is 2.52. The van der Waals surface area contributed by atoms with Crippen molar-refractivity contribution in [1.29, 1.82) is 0 Å². The monoisotopic (exact) mass is 349 g/mol. The van der Waals surface area contributed by atoms with Crippen molar-refractivity contribution in [3.63, 3.8) is 0 Å². The first-order valence-corrected chi connectivity index (χ1v) is 9.31. The van der Waals surface area contributed by atoms with Crippen LogP contribution in [0.3, 0.4) is 0 Å². The van der Waals surface area contributed by atoms with E-state index < -0.39 is 11.8 Å². The van der Waals surface area contributed by atoms with Gasteiger partial charge in [-0.3, -0.25) is 4.79 Å². The van der Waals surface area contributed by atoms with E-state index in [1.807, 2.05) is 0 Å². The van der Waals surface area contributed by atoms with Gasteiger partial charge in [-0.05, 0) is 32.1 Å². The fraction of sp³-hybridized carbons (Fsp3) is 0.789. The molecular weight excluding hydrogens is 313 g/mol. The number of ketones is 1. The van der Waals surface area contributed by atoms with Crippen LogP contribution in [0.2, 0.25) is 0 Å². The van der Waals surface area contributed by atoms with E-state index in [9.17, 15) is 9.59 Å². The van der Waals surface area contributed by atoms with Crippen LogP contribution in [0.25, 0.3) is 0 Å². The first kappa shape index (κ1) is 26.1. The van der Waals surface area contributed by atoms with Gasteiger partial charge in [0.05, 0.1) is 0 Å². The second kappa shape index (κ2) is 20.9. The molecule has 4 nitrogen and oxygen atoms in total. The Labute approximate surface area is 170 Å². The summed E-state index contributed by atoms with van der Waals surface area (Å²) in [5.41, 5.74) is 0. The molecule has 0 saturated carbocycles. The zero-order valence-corrected chi connectivity index (χ0v) is 14.9. The van der Waals surface area contributed by atoms with Crippen LogP contribution in [-0.2, 0) is 14.4 Å². The second-order valence-electron chi connectivity index (χ2n) is 6.16. The van der Waals surface area contributed by atoms with Crippen LogP contribution in [0, 0.1) is 0 Å². The maximum absolute atomic E-state index is 11.1. The molecule has 0 spiro atoms. The van der Waals surface area contributed by atoms with E-state index in [1.165, 1.54) is 57.8 Å². The Balaban J connectivity index is 0. The second-order valence-corrected chi connectivity index (χ2v) is 6.16. The molecule has 0 rings (SSSR count). The van der Waals surface area contributed by atoms with E-state index in [2.05, 4.69) is 29.8 Å². The van der Waals surface area contributed by atoms with Crippen LogP contribution in [0.4, 0.5) is 0 Å². The summed E-state index contributed by atoms with van der Waals surface area (Å²) in [6, 6.07) is 0. The molecule has 136 valence electrons. The average Bonchev–Trinajstić information content (AvgIpc) is 2.57. The molecule has 0 amide bonds. The van der Waals surface area contributed by atoms with Gasteiger partial charge in [0.15, 0.2) is 0 Å². The molecular formula is C19H36NNaO3. The Bertz CT molecular complexity index is 333. The number of allylic oxidation sites excluding steroid dienone is 2. The van der Waals surface area contributed by atoms with Crippen molar-refractivity contribution < 1.29 is 14.4 Å². The summed E-state index contributed by atoms with van der Waals surface area (Å²) >= 11 is 0. The van der Waals surface area contributed by atoms with E-state index in [0.717, 1.165) is 25.7 Å². The van der Waals surface area contributed by atoms with Gasteiger partial charge in [0.25, 0.3) is 0 Å². The molecule has 5 heteroatoms. The molecule has 0 aliphatic carbocycles. The molecule has 24 heavy (non-hydrogen) atoms. The van der Waals surface area contributed by atoms with Crippen molar-refractivity contribution in [3.05, 3.63) is 12.2 Å². The Morgan fingerprint density at radius 1 is 0.792 bits per heavy atom.